The SMILES string of the molecule is O=C(O)c1cn(C2CC2)c2c(F)c(N3CCCCC3)c(F)cc2c1=O. The zero-order chi connectivity index (χ0) is 17.7. The van der Waals surface area contributed by atoms with Crippen molar-refractivity contribution in [2.24, 2.45) is 0 Å². The minimum absolute atomic E-state index is 0.0134. The fraction of sp³-hybridized carbons (Fsp3) is 0.444. The van der Waals surface area contributed by atoms with Crippen LogP contribution in [-0.2, 0) is 0 Å². The Morgan fingerprint density at radius 3 is 2.44 bits per heavy atom. The molecule has 4 rings (SSSR count). The molecule has 1 aliphatic carbocycles. The number of benzene rings is 1. The lowest BCUT2D eigenvalue weighted by atomic mass is 10.1. The molecule has 1 N–H and O–H groups in total. The van der Waals surface area contributed by atoms with Crippen molar-refractivity contribution in [3.05, 3.63) is 39.7 Å². The number of pyridine rings is 1. The van der Waals surface area contributed by atoms with Gasteiger partial charge in [-0.3, -0.25) is 4.79 Å². The molecule has 25 heavy (non-hydrogen) atoms. The first-order valence-electron chi connectivity index (χ1n) is 8.54. The number of hydrogen-bond donors (Lipinski definition) is 1. The van der Waals surface area contributed by atoms with Crippen molar-refractivity contribution in [3.63, 3.8) is 0 Å². The van der Waals surface area contributed by atoms with Gasteiger partial charge in [0, 0.05) is 25.3 Å². The highest BCUT2D eigenvalue weighted by Gasteiger charge is 2.31. The van der Waals surface area contributed by atoms with Crippen LogP contribution in [0.1, 0.15) is 48.5 Å². The minimum atomic E-state index is -1.39. The highest BCUT2D eigenvalue weighted by Crippen LogP contribution is 2.39. The first-order valence-corrected chi connectivity index (χ1v) is 8.54. The van der Waals surface area contributed by atoms with Gasteiger partial charge in [0.05, 0.1) is 10.9 Å². The number of carboxylic acid groups (broad SMARTS) is 1. The summed E-state index contributed by atoms with van der Waals surface area (Å²) in [4.78, 5) is 25.4. The van der Waals surface area contributed by atoms with Crippen molar-refractivity contribution in [3.8, 4) is 0 Å². The molecule has 7 heteroatoms. The molecule has 1 aromatic carbocycles. The molecule has 1 saturated carbocycles. The Hall–Kier alpha value is -2.44. The summed E-state index contributed by atoms with van der Waals surface area (Å²) in [7, 11) is 0. The number of nitrogens with zero attached hydrogens (tertiary/aromatic N) is 2. The van der Waals surface area contributed by atoms with Crippen LogP contribution in [0.15, 0.2) is 17.1 Å². The van der Waals surface area contributed by atoms with Crippen LogP contribution in [0.25, 0.3) is 10.9 Å². The zero-order valence-corrected chi connectivity index (χ0v) is 13.6. The molecule has 2 heterocycles. The van der Waals surface area contributed by atoms with Crippen LogP contribution in [0.4, 0.5) is 14.5 Å². The number of aromatic nitrogens is 1. The van der Waals surface area contributed by atoms with Crippen LogP contribution >= 0.6 is 0 Å². The summed E-state index contributed by atoms with van der Waals surface area (Å²) >= 11 is 0. The van der Waals surface area contributed by atoms with E-state index in [4.69, 9.17) is 0 Å². The second-order valence-corrected chi connectivity index (χ2v) is 6.78. The molecule has 1 aliphatic heterocycles. The van der Waals surface area contributed by atoms with E-state index in [1.165, 1.54) is 10.8 Å². The molecule has 132 valence electrons. The predicted molar refractivity (Wildman–Crippen MR) is 89.4 cm³/mol. The summed E-state index contributed by atoms with van der Waals surface area (Å²) in [6.07, 6.45) is 5.53. The Labute approximate surface area is 142 Å². The van der Waals surface area contributed by atoms with E-state index in [1.54, 1.807) is 4.90 Å². The number of rotatable bonds is 3. The third-order valence-electron chi connectivity index (χ3n) is 5.03. The third-order valence-corrected chi connectivity index (χ3v) is 5.03. The van der Waals surface area contributed by atoms with Crippen molar-refractivity contribution in [2.75, 3.05) is 18.0 Å². The minimum Gasteiger partial charge on any atom is -0.477 e. The van der Waals surface area contributed by atoms with Gasteiger partial charge in [0.15, 0.2) is 5.82 Å². The molecule has 0 bridgehead atoms. The van der Waals surface area contributed by atoms with Crippen LogP contribution in [0.5, 0.6) is 0 Å². The standard InChI is InChI=1S/C18H18F2N2O3/c19-13-8-11-15(14(20)16(13)21-6-2-1-3-7-21)22(10-4-5-10)9-12(17(11)23)18(24)25/h8-10H,1-7H2,(H,24,25). The van der Waals surface area contributed by atoms with Gasteiger partial charge in [-0.05, 0) is 38.2 Å². The first-order chi connectivity index (χ1) is 12.0. The second-order valence-electron chi connectivity index (χ2n) is 6.78. The highest BCUT2D eigenvalue weighted by atomic mass is 19.1. The van der Waals surface area contributed by atoms with Gasteiger partial charge in [-0.25, -0.2) is 13.6 Å². The summed E-state index contributed by atoms with van der Waals surface area (Å²) in [5.41, 5.74) is -1.39. The monoisotopic (exact) mass is 348 g/mol. The van der Waals surface area contributed by atoms with E-state index < -0.39 is 28.6 Å². The smallest absolute Gasteiger partial charge is 0.341 e. The molecular weight excluding hydrogens is 330 g/mol. The number of carbonyl (C=O) groups is 1. The van der Waals surface area contributed by atoms with E-state index in [0.717, 1.165) is 38.2 Å². The average Bonchev–Trinajstić information content (AvgIpc) is 3.41. The van der Waals surface area contributed by atoms with Crippen LogP contribution in [0.3, 0.4) is 0 Å². The molecule has 1 saturated heterocycles. The van der Waals surface area contributed by atoms with E-state index in [-0.39, 0.29) is 22.6 Å². The number of fused-ring (bicyclic) bond motifs is 1. The molecule has 2 fully saturated rings. The number of aromatic carboxylic acids is 1. The van der Waals surface area contributed by atoms with Crippen molar-refractivity contribution in [2.45, 2.75) is 38.1 Å². The van der Waals surface area contributed by atoms with Gasteiger partial charge in [-0.15, -0.1) is 0 Å². The van der Waals surface area contributed by atoms with Gasteiger partial charge in [-0.1, -0.05) is 0 Å². The number of carboxylic acids is 1. The van der Waals surface area contributed by atoms with E-state index in [2.05, 4.69) is 0 Å². The Morgan fingerprint density at radius 2 is 1.84 bits per heavy atom. The van der Waals surface area contributed by atoms with Crippen LogP contribution < -0.4 is 10.3 Å². The van der Waals surface area contributed by atoms with Gasteiger partial charge in [0.1, 0.15) is 17.1 Å². The maximum absolute atomic E-state index is 15.3. The van der Waals surface area contributed by atoms with Crippen molar-refractivity contribution >= 4 is 22.6 Å². The molecule has 0 radical (unpaired) electrons. The maximum Gasteiger partial charge on any atom is 0.341 e. The molecular formula is C18H18F2N2O3. The average molecular weight is 348 g/mol. The number of anilines is 1. The predicted octanol–water partition coefficient (Wildman–Crippen LogP) is 3.30. The summed E-state index contributed by atoms with van der Waals surface area (Å²) in [5, 5.41) is 9.03. The second kappa shape index (κ2) is 5.82. The van der Waals surface area contributed by atoms with Crippen molar-refractivity contribution < 1.29 is 18.7 Å². The lowest BCUT2D eigenvalue weighted by Crippen LogP contribution is -2.31. The molecule has 0 atom stereocenters. The Balaban J connectivity index is 2.02. The fourth-order valence-electron chi connectivity index (χ4n) is 3.63. The highest BCUT2D eigenvalue weighted by molar-refractivity contribution is 5.94. The van der Waals surface area contributed by atoms with Gasteiger partial charge in [0.25, 0.3) is 0 Å². The van der Waals surface area contributed by atoms with Gasteiger partial charge in [-0.2, -0.15) is 0 Å². The van der Waals surface area contributed by atoms with E-state index >= 15 is 4.39 Å². The molecule has 2 aliphatic rings. The zero-order valence-electron chi connectivity index (χ0n) is 13.6. The topological polar surface area (TPSA) is 62.5 Å². The lowest BCUT2D eigenvalue weighted by Gasteiger charge is -2.30. The third kappa shape index (κ3) is 2.58. The van der Waals surface area contributed by atoms with Crippen LogP contribution in [-0.4, -0.2) is 28.7 Å². The van der Waals surface area contributed by atoms with Crippen molar-refractivity contribution in [1.82, 2.24) is 4.57 Å². The quantitative estimate of drug-likeness (QED) is 0.924. The Kier molecular flexibility index (Phi) is 3.74. The Bertz CT molecular complexity index is 928. The van der Waals surface area contributed by atoms with Crippen LogP contribution in [0, 0.1) is 11.6 Å². The van der Waals surface area contributed by atoms with E-state index in [9.17, 15) is 19.1 Å². The largest absolute Gasteiger partial charge is 0.477 e. The molecule has 1 aromatic heterocycles. The number of halogens is 2. The van der Waals surface area contributed by atoms with Gasteiger partial charge < -0.3 is 14.6 Å². The Morgan fingerprint density at radius 1 is 1.16 bits per heavy atom. The van der Waals surface area contributed by atoms with Crippen molar-refractivity contribution in [1.29, 1.82) is 0 Å². The van der Waals surface area contributed by atoms with E-state index in [1.807, 2.05) is 0 Å². The first kappa shape index (κ1) is 16.1. The number of hydrogen-bond acceptors (Lipinski definition) is 3. The van der Waals surface area contributed by atoms with Crippen LogP contribution in [0.2, 0.25) is 0 Å². The molecule has 0 unspecified atom stereocenters. The number of piperidine rings is 1. The molecule has 0 spiro atoms. The van der Waals surface area contributed by atoms with E-state index in [0.29, 0.717) is 13.1 Å². The lowest BCUT2D eigenvalue weighted by molar-refractivity contribution is 0.0695. The summed E-state index contributed by atoms with van der Waals surface area (Å²) in [5.74, 6) is -2.96. The maximum atomic E-state index is 15.3. The van der Waals surface area contributed by atoms with Gasteiger partial charge in [0.2, 0.25) is 5.43 Å². The van der Waals surface area contributed by atoms with Gasteiger partial charge >= 0.3 is 5.97 Å². The fourth-order valence-corrected chi connectivity index (χ4v) is 3.63. The molecule has 5 nitrogen and oxygen atoms in total. The normalized spacial score (nSPS) is 17.9. The summed E-state index contributed by atoms with van der Waals surface area (Å²) in [6.45, 7) is 1.14. The summed E-state index contributed by atoms with van der Waals surface area (Å²) in [6, 6.07) is 0.950. The molecule has 2 aromatic rings. The molecule has 0 amide bonds. The summed E-state index contributed by atoms with van der Waals surface area (Å²) < 4.78 is 31.4.